The first-order valence-electron chi connectivity index (χ1n) is 8.60. The highest BCUT2D eigenvalue weighted by Gasteiger charge is 2.29. The summed E-state index contributed by atoms with van der Waals surface area (Å²) >= 11 is 0. The Hall–Kier alpha value is -3.00. The zero-order chi connectivity index (χ0) is 18.9. The number of hydrogen-bond acceptors (Lipinski definition) is 5. The van der Waals surface area contributed by atoms with Gasteiger partial charge in [0.05, 0.1) is 29.1 Å². The minimum absolute atomic E-state index is 0.0101. The number of benzene rings is 2. The Bertz CT molecular complexity index is 1060. The van der Waals surface area contributed by atoms with E-state index in [1.807, 2.05) is 30.3 Å². The van der Waals surface area contributed by atoms with E-state index in [0.717, 1.165) is 16.9 Å². The van der Waals surface area contributed by atoms with Crippen molar-refractivity contribution in [3.8, 4) is 16.9 Å². The molecule has 1 atom stereocenters. The summed E-state index contributed by atoms with van der Waals surface area (Å²) in [5, 5.41) is 10.9. The maximum Gasteiger partial charge on any atom is 0.251 e. The van der Waals surface area contributed by atoms with Gasteiger partial charge in [0.2, 0.25) is 0 Å². The zero-order valence-corrected chi connectivity index (χ0v) is 15.3. The van der Waals surface area contributed by atoms with Crippen LogP contribution < -0.4 is 5.32 Å². The van der Waals surface area contributed by atoms with E-state index in [0.29, 0.717) is 12.0 Å². The topological polar surface area (TPSA) is 94.0 Å². The van der Waals surface area contributed by atoms with Gasteiger partial charge < -0.3 is 5.32 Å². The molecule has 0 saturated carbocycles. The van der Waals surface area contributed by atoms with Crippen LogP contribution in [0.1, 0.15) is 16.8 Å². The first kappa shape index (κ1) is 17.4. The second kappa shape index (κ2) is 6.96. The van der Waals surface area contributed by atoms with Gasteiger partial charge in [0, 0.05) is 17.2 Å². The van der Waals surface area contributed by atoms with Crippen LogP contribution >= 0.6 is 0 Å². The summed E-state index contributed by atoms with van der Waals surface area (Å²) in [5.41, 5.74) is 3.10. The molecule has 1 aliphatic heterocycles. The number of rotatable bonds is 4. The predicted molar refractivity (Wildman–Crippen MR) is 101 cm³/mol. The fourth-order valence-corrected chi connectivity index (χ4v) is 4.84. The highest BCUT2D eigenvalue weighted by atomic mass is 32.2. The zero-order valence-electron chi connectivity index (χ0n) is 14.4. The number of aromatic nitrogens is 3. The van der Waals surface area contributed by atoms with E-state index in [1.165, 1.54) is 0 Å². The number of hydrogen-bond donors (Lipinski definition) is 1. The molecule has 2 aromatic carbocycles. The third-order valence-corrected chi connectivity index (χ3v) is 6.33. The second-order valence-corrected chi connectivity index (χ2v) is 8.75. The summed E-state index contributed by atoms with van der Waals surface area (Å²) in [4.78, 5) is 12.4. The molecule has 1 aromatic heterocycles. The molecule has 1 aliphatic rings. The lowest BCUT2D eigenvalue weighted by atomic mass is 10.1. The largest absolute Gasteiger partial charge is 0.348 e. The van der Waals surface area contributed by atoms with Crippen molar-refractivity contribution < 1.29 is 13.2 Å². The van der Waals surface area contributed by atoms with Crippen molar-refractivity contribution in [3.05, 3.63) is 66.4 Å². The minimum Gasteiger partial charge on any atom is -0.348 e. The van der Waals surface area contributed by atoms with Crippen molar-refractivity contribution in [1.82, 2.24) is 20.3 Å². The molecule has 138 valence electrons. The first-order valence-corrected chi connectivity index (χ1v) is 10.4. The van der Waals surface area contributed by atoms with Gasteiger partial charge in [-0.3, -0.25) is 4.79 Å². The minimum atomic E-state index is -3.02. The number of carbonyl (C=O) groups excluding carboxylic acids is 1. The normalized spacial score (nSPS) is 18.3. The fraction of sp³-hybridized carbons (Fsp3) is 0.211. The predicted octanol–water partition coefficient (Wildman–Crippen LogP) is 1.85. The van der Waals surface area contributed by atoms with Crippen LogP contribution in [-0.4, -0.2) is 46.9 Å². The average Bonchev–Trinajstić information content (AvgIpc) is 3.29. The first-order chi connectivity index (χ1) is 13.0. The van der Waals surface area contributed by atoms with Crippen molar-refractivity contribution >= 4 is 15.7 Å². The summed E-state index contributed by atoms with van der Waals surface area (Å²) in [5.74, 6) is -0.132. The Morgan fingerprint density at radius 3 is 2.48 bits per heavy atom. The summed E-state index contributed by atoms with van der Waals surface area (Å²) in [6, 6.07) is 16.5. The molecule has 1 fully saturated rings. The number of nitrogens with zero attached hydrogens (tertiary/aromatic N) is 3. The molecule has 0 aliphatic carbocycles. The molecule has 3 aromatic rings. The molecular weight excluding hydrogens is 364 g/mol. The molecule has 0 radical (unpaired) electrons. The van der Waals surface area contributed by atoms with Gasteiger partial charge in [-0.05, 0) is 30.7 Å². The van der Waals surface area contributed by atoms with Gasteiger partial charge >= 0.3 is 0 Å². The van der Waals surface area contributed by atoms with Crippen LogP contribution in [0.25, 0.3) is 16.9 Å². The lowest BCUT2D eigenvalue weighted by Gasteiger charge is -2.11. The lowest BCUT2D eigenvalue weighted by molar-refractivity contribution is 0.0941. The Morgan fingerprint density at radius 2 is 1.81 bits per heavy atom. The maximum atomic E-state index is 12.4. The molecule has 0 spiro atoms. The fourth-order valence-electron chi connectivity index (χ4n) is 3.16. The van der Waals surface area contributed by atoms with Crippen molar-refractivity contribution in [2.75, 3.05) is 11.5 Å². The van der Waals surface area contributed by atoms with Gasteiger partial charge in [0.1, 0.15) is 0 Å². The smallest absolute Gasteiger partial charge is 0.251 e. The average molecular weight is 382 g/mol. The maximum absolute atomic E-state index is 12.4. The van der Waals surface area contributed by atoms with Gasteiger partial charge in [0.25, 0.3) is 5.91 Å². The van der Waals surface area contributed by atoms with Crippen LogP contribution in [-0.2, 0) is 9.84 Å². The van der Waals surface area contributed by atoms with E-state index >= 15 is 0 Å². The Balaban J connectivity index is 1.52. The van der Waals surface area contributed by atoms with Gasteiger partial charge in [-0.25, -0.2) is 13.1 Å². The number of nitrogens with one attached hydrogen (secondary N) is 1. The van der Waals surface area contributed by atoms with Crippen molar-refractivity contribution in [1.29, 1.82) is 0 Å². The van der Waals surface area contributed by atoms with Crippen molar-refractivity contribution in [2.45, 2.75) is 12.5 Å². The monoisotopic (exact) mass is 382 g/mol. The van der Waals surface area contributed by atoms with E-state index in [-0.39, 0.29) is 23.5 Å². The van der Waals surface area contributed by atoms with E-state index in [9.17, 15) is 13.2 Å². The lowest BCUT2D eigenvalue weighted by Crippen LogP contribution is -2.35. The van der Waals surface area contributed by atoms with E-state index in [4.69, 9.17) is 0 Å². The molecule has 1 amide bonds. The molecule has 0 unspecified atom stereocenters. The molecular formula is C19H18N4O3S. The quantitative estimate of drug-likeness (QED) is 0.743. The summed E-state index contributed by atoms with van der Waals surface area (Å²) in [7, 11) is -3.02. The third kappa shape index (κ3) is 3.75. The van der Waals surface area contributed by atoms with Crippen LogP contribution in [0, 0.1) is 0 Å². The van der Waals surface area contributed by atoms with Gasteiger partial charge in [0.15, 0.2) is 9.84 Å². The van der Waals surface area contributed by atoms with E-state index in [1.54, 1.807) is 35.1 Å². The molecule has 1 N–H and O–H groups in total. The van der Waals surface area contributed by atoms with Crippen LogP contribution in [0.2, 0.25) is 0 Å². The van der Waals surface area contributed by atoms with E-state index in [2.05, 4.69) is 15.6 Å². The molecule has 4 rings (SSSR count). The van der Waals surface area contributed by atoms with Crippen LogP contribution in [0.4, 0.5) is 0 Å². The SMILES string of the molecule is O=C(N[C@H]1CCS(=O)(=O)C1)c1ccc(-n2nncc2-c2ccccc2)cc1. The third-order valence-electron chi connectivity index (χ3n) is 4.56. The highest BCUT2D eigenvalue weighted by molar-refractivity contribution is 7.91. The van der Waals surface area contributed by atoms with Crippen molar-refractivity contribution in [3.63, 3.8) is 0 Å². The van der Waals surface area contributed by atoms with Gasteiger partial charge in [-0.15, -0.1) is 5.10 Å². The highest BCUT2D eigenvalue weighted by Crippen LogP contribution is 2.21. The van der Waals surface area contributed by atoms with Crippen LogP contribution in [0.5, 0.6) is 0 Å². The summed E-state index contributed by atoms with van der Waals surface area (Å²) < 4.78 is 24.7. The molecule has 8 heteroatoms. The van der Waals surface area contributed by atoms with E-state index < -0.39 is 9.84 Å². The Morgan fingerprint density at radius 1 is 1.07 bits per heavy atom. The molecule has 0 bridgehead atoms. The van der Waals surface area contributed by atoms with Crippen LogP contribution in [0.15, 0.2) is 60.8 Å². The molecule has 2 heterocycles. The Kier molecular flexibility index (Phi) is 4.49. The van der Waals surface area contributed by atoms with Crippen LogP contribution in [0.3, 0.4) is 0 Å². The second-order valence-electron chi connectivity index (χ2n) is 6.52. The summed E-state index contributed by atoms with van der Waals surface area (Å²) in [6.45, 7) is 0. The number of carbonyl (C=O) groups is 1. The molecule has 27 heavy (non-hydrogen) atoms. The molecule has 1 saturated heterocycles. The van der Waals surface area contributed by atoms with Gasteiger partial charge in [-0.2, -0.15) is 0 Å². The standard InChI is InChI=1S/C19H18N4O3S/c24-19(21-16-10-11-27(25,26)13-16)15-6-8-17(9-7-15)23-18(12-20-22-23)14-4-2-1-3-5-14/h1-9,12,16H,10-11,13H2,(H,21,24)/t16-/m0/s1. The number of sulfone groups is 1. The van der Waals surface area contributed by atoms with Crippen molar-refractivity contribution in [2.24, 2.45) is 0 Å². The van der Waals surface area contributed by atoms with Gasteiger partial charge in [-0.1, -0.05) is 35.5 Å². The summed E-state index contributed by atoms with van der Waals surface area (Å²) in [6.07, 6.45) is 2.15. The molecule has 7 nitrogen and oxygen atoms in total. The number of amides is 1. The Labute approximate surface area is 156 Å².